The topological polar surface area (TPSA) is 91.4 Å². The van der Waals surface area contributed by atoms with E-state index in [1.807, 2.05) is 12.1 Å². The number of anilines is 1. The minimum Gasteiger partial charge on any atom is -0.298 e. The van der Waals surface area contributed by atoms with Gasteiger partial charge in [0.25, 0.3) is 5.91 Å². The van der Waals surface area contributed by atoms with Gasteiger partial charge in [-0.3, -0.25) is 10.1 Å². The number of hydrogen-bond donors (Lipinski definition) is 1. The smallest absolute Gasteiger partial charge is 0.257 e. The second-order valence-electron chi connectivity index (χ2n) is 7.85. The van der Waals surface area contributed by atoms with Gasteiger partial charge in [0.15, 0.2) is 5.13 Å². The lowest BCUT2D eigenvalue weighted by atomic mass is 9.92. The molecule has 0 radical (unpaired) electrons. The predicted octanol–water partition coefficient (Wildman–Crippen LogP) is 7.56. The highest BCUT2D eigenvalue weighted by molar-refractivity contribution is 9.11. The summed E-state index contributed by atoms with van der Waals surface area (Å²) in [6, 6.07) is 5.52. The molecule has 10 heteroatoms. The van der Waals surface area contributed by atoms with Crippen LogP contribution in [0.3, 0.4) is 0 Å². The van der Waals surface area contributed by atoms with Crippen LogP contribution < -0.4 is 5.32 Å². The van der Waals surface area contributed by atoms with Gasteiger partial charge in [0.2, 0.25) is 5.66 Å². The molecule has 1 fully saturated rings. The summed E-state index contributed by atoms with van der Waals surface area (Å²) in [4.78, 5) is 17.5. The van der Waals surface area contributed by atoms with E-state index in [4.69, 9.17) is 11.6 Å². The van der Waals surface area contributed by atoms with Gasteiger partial charge in [-0.05, 0) is 63.7 Å². The molecule has 0 bridgehead atoms. The quantitative estimate of drug-likeness (QED) is 0.325. The Kier molecular flexibility index (Phi) is 6.93. The van der Waals surface area contributed by atoms with E-state index in [-0.39, 0.29) is 5.91 Å². The number of nitrogens with zero attached hydrogens (tertiary/aromatic N) is 5. The number of benzene rings is 1. The summed E-state index contributed by atoms with van der Waals surface area (Å²) in [5.74, 6) is 0.168. The normalized spacial score (nSPS) is 18.9. The van der Waals surface area contributed by atoms with E-state index >= 15 is 0 Å². The third-order valence-corrected chi connectivity index (χ3v) is 7.26. The van der Waals surface area contributed by atoms with Crippen LogP contribution in [-0.2, 0) is 10.5 Å². The van der Waals surface area contributed by atoms with Crippen molar-refractivity contribution in [1.82, 2.24) is 4.98 Å². The van der Waals surface area contributed by atoms with Crippen molar-refractivity contribution in [3.8, 4) is 0 Å². The SMILES string of the molecule is CC1(c2ccc(/C(=C\C3CCCCCC3)C(=O)Nc3ncc(Br)s3)cc2Cl)N=NN=N1. The molecule has 0 atom stereocenters. The molecule has 0 spiro atoms. The second-order valence-corrected chi connectivity index (χ2v) is 10.7. The van der Waals surface area contributed by atoms with Gasteiger partial charge in [0.1, 0.15) is 0 Å². The molecule has 2 aliphatic rings. The number of halogens is 2. The third-order valence-electron chi connectivity index (χ3n) is 5.55. The van der Waals surface area contributed by atoms with E-state index in [0.29, 0.717) is 27.2 Å². The van der Waals surface area contributed by atoms with E-state index in [9.17, 15) is 4.79 Å². The largest absolute Gasteiger partial charge is 0.298 e. The van der Waals surface area contributed by atoms with Crippen molar-refractivity contribution in [3.05, 3.63) is 50.4 Å². The summed E-state index contributed by atoms with van der Waals surface area (Å²) in [5, 5.41) is 19.3. The van der Waals surface area contributed by atoms with Crippen molar-refractivity contribution >= 4 is 55.5 Å². The zero-order valence-electron chi connectivity index (χ0n) is 17.0. The molecule has 1 N–H and O–H groups in total. The Morgan fingerprint density at radius 2 is 1.94 bits per heavy atom. The van der Waals surface area contributed by atoms with Gasteiger partial charge in [-0.15, -0.1) is 10.2 Å². The van der Waals surface area contributed by atoms with Crippen LogP contribution in [0.4, 0.5) is 5.13 Å². The molecule has 1 amide bonds. The first-order valence-corrected chi connectivity index (χ1v) is 12.2. The van der Waals surface area contributed by atoms with E-state index in [1.165, 1.54) is 37.0 Å². The molecule has 162 valence electrons. The molecular weight excluding hydrogens is 500 g/mol. The lowest BCUT2D eigenvalue weighted by Crippen LogP contribution is -2.16. The predicted molar refractivity (Wildman–Crippen MR) is 126 cm³/mol. The van der Waals surface area contributed by atoms with E-state index in [0.717, 1.165) is 22.2 Å². The fourth-order valence-corrected chi connectivity index (χ4v) is 5.36. The summed E-state index contributed by atoms with van der Waals surface area (Å²) < 4.78 is 0.859. The molecule has 0 saturated heterocycles. The number of amides is 1. The molecule has 7 nitrogen and oxygen atoms in total. The molecule has 2 heterocycles. The second kappa shape index (κ2) is 9.67. The third kappa shape index (κ3) is 5.27. The van der Waals surface area contributed by atoms with Crippen molar-refractivity contribution in [1.29, 1.82) is 0 Å². The monoisotopic (exact) mass is 520 g/mol. The van der Waals surface area contributed by atoms with Crippen molar-refractivity contribution in [2.24, 2.45) is 26.6 Å². The summed E-state index contributed by atoms with van der Waals surface area (Å²) in [6.07, 6.45) is 10.8. The fraction of sp³-hybridized carbons (Fsp3) is 0.429. The number of rotatable bonds is 5. The first kappa shape index (κ1) is 22.2. The molecule has 1 aromatic carbocycles. The van der Waals surface area contributed by atoms with Crippen LogP contribution in [0.15, 0.2) is 54.9 Å². The van der Waals surface area contributed by atoms with Crippen LogP contribution in [0.5, 0.6) is 0 Å². The number of nitrogens with one attached hydrogen (secondary N) is 1. The van der Waals surface area contributed by atoms with Crippen LogP contribution in [0.25, 0.3) is 5.57 Å². The van der Waals surface area contributed by atoms with E-state index < -0.39 is 5.66 Å². The van der Waals surface area contributed by atoms with Crippen molar-refractivity contribution < 1.29 is 4.79 Å². The summed E-state index contributed by atoms with van der Waals surface area (Å²) in [5.41, 5.74) is 1.12. The Bertz CT molecular complexity index is 1050. The van der Waals surface area contributed by atoms with Crippen molar-refractivity contribution in [2.75, 3.05) is 5.32 Å². The maximum Gasteiger partial charge on any atom is 0.257 e. The van der Waals surface area contributed by atoms with Crippen LogP contribution in [-0.4, -0.2) is 10.9 Å². The first-order valence-electron chi connectivity index (χ1n) is 10.2. The van der Waals surface area contributed by atoms with Crippen LogP contribution in [0, 0.1) is 5.92 Å². The van der Waals surface area contributed by atoms with Crippen LogP contribution in [0.2, 0.25) is 5.02 Å². The van der Waals surface area contributed by atoms with Gasteiger partial charge in [0.05, 0.1) is 9.98 Å². The Morgan fingerprint density at radius 1 is 1.23 bits per heavy atom. The average Bonchev–Trinajstić information content (AvgIpc) is 3.26. The maximum absolute atomic E-state index is 13.3. The van der Waals surface area contributed by atoms with Gasteiger partial charge in [-0.2, -0.15) is 0 Å². The van der Waals surface area contributed by atoms with E-state index in [2.05, 4.69) is 53.0 Å². The Balaban J connectivity index is 1.67. The molecule has 1 aliphatic carbocycles. The Morgan fingerprint density at radius 3 is 2.55 bits per heavy atom. The van der Waals surface area contributed by atoms with Crippen molar-refractivity contribution in [3.63, 3.8) is 0 Å². The molecule has 4 rings (SSSR count). The van der Waals surface area contributed by atoms with Gasteiger partial charge in [-0.1, -0.05) is 66.8 Å². The Hall–Kier alpha value is -1.97. The van der Waals surface area contributed by atoms with Gasteiger partial charge in [0, 0.05) is 16.2 Å². The van der Waals surface area contributed by atoms with Gasteiger partial charge < -0.3 is 0 Å². The first-order chi connectivity index (χ1) is 14.9. The highest BCUT2D eigenvalue weighted by atomic mass is 79.9. The van der Waals surface area contributed by atoms with Crippen LogP contribution in [0.1, 0.15) is 56.6 Å². The fourth-order valence-electron chi connectivity index (χ4n) is 3.90. The summed E-state index contributed by atoms with van der Waals surface area (Å²) >= 11 is 11.4. The van der Waals surface area contributed by atoms with Gasteiger partial charge >= 0.3 is 0 Å². The summed E-state index contributed by atoms with van der Waals surface area (Å²) in [7, 11) is 0. The summed E-state index contributed by atoms with van der Waals surface area (Å²) in [6.45, 7) is 1.79. The molecular formula is C21H22BrClN6OS. The van der Waals surface area contributed by atoms with E-state index in [1.54, 1.807) is 19.2 Å². The number of carbonyl (C=O) groups excluding carboxylic acids is 1. The number of allylic oxidation sites excluding steroid dienone is 1. The lowest BCUT2D eigenvalue weighted by molar-refractivity contribution is -0.111. The zero-order valence-corrected chi connectivity index (χ0v) is 20.2. The molecule has 2 aromatic rings. The zero-order chi connectivity index (χ0) is 21.8. The standard InChI is InChI=1S/C21H22BrClN6OS/c1-21(26-28-29-27-21)16-9-8-14(11-17(16)23)15(10-13-6-4-2-3-5-7-13)19(30)25-20-24-12-18(22)31-20/h8-13H,2-7H2,1H3,(H,24,25,30)/b15-10+. The molecule has 1 aromatic heterocycles. The van der Waals surface area contributed by atoms with Gasteiger partial charge in [-0.25, -0.2) is 4.98 Å². The number of thiazole rings is 1. The lowest BCUT2D eigenvalue weighted by Gasteiger charge is -2.18. The molecule has 0 unspecified atom stereocenters. The number of hydrogen-bond acceptors (Lipinski definition) is 7. The highest BCUT2D eigenvalue weighted by Crippen LogP contribution is 2.38. The average molecular weight is 522 g/mol. The minimum absolute atomic E-state index is 0.193. The molecule has 31 heavy (non-hydrogen) atoms. The van der Waals surface area contributed by atoms with Crippen LogP contribution >= 0.6 is 38.9 Å². The number of carbonyl (C=O) groups is 1. The van der Waals surface area contributed by atoms with Crippen molar-refractivity contribution in [2.45, 2.75) is 51.1 Å². The molecule has 1 aliphatic heterocycles. The highest BCUT2D eigenvalue weighted by Gasteiger charge is 2.32. The number of aromatic nitrogens is 1. The minimum atomic E-state index is -0.934. The molecule has 1 saturated carbocycles. The Labute approximate surface area is 198 Å². The maximum atomic E-state index is 13.3.